The van der Waals surface area contributed by atoms with Gasteiger partial charge in [0.05, 0.1) is 29.6 Å². The number of nitrogens with zero attached hydrogens (tertiary/aromatic N) is 6. The number of ether oxygens (including phenoxy) is 1. The van der Waals surface area contributed by atoms with Crippen LogP contribution in [0.5, 0.6) is 6.01 Å². The van der Waals surface area contributed by atoms with E-state index in [9.17, 15) is 19.2 Å². The first kappa shape index (κ1) is 29.9. The molecule has 2 saturated heterocycles. The van der Waals surface area contributed by atoms with Crippen LogP contribution in [0.2, 0.25) is 0 Å². The van der Waals surface area contributed by atoms with Gasteiger partial charge in [0.25, 0.3) is 5.91 Å². The van der Waals surface area contributed by atoms with Crippen molar-refractivity contribution in [2.45, 2.75) is 69.4 Å². The summed E-state index contributed by atoms with van der Waals surface area (Å²) in [5, 5.41) is 12.6. The highest BCUT2D eigenvalue weighted by molar-refractivity contribution is 6.04. The molecule has 232 valence electrons. The number of carbonyl (C=O) groups excluding carboxylic acids is 2. The maximum Gasteiger partial charge on any atom is 0.318 e. The number of fused-ring (bicyclic) bond motifs is 3. The first-order valence-corrected chi connectivity index (χ1v) is 15.2. The second-order valence-corrected chi connectivity index (χ2v) is 12.4. The fourth-order valence-electron chi connectivity index (χ4n) is 7.31. The van der Waals surface area contributed by atoms with Crippen molar-refractivity contribution in [3.63, 3.8) is 0 Å². The first-order valence-electron chi connectivity index (χ1n) is 15.2. The van der Waals surface area contributed by atoms with Crippen molar-refractivity contribution in [3.05, 3.63) is 52.7 Å². The topological polar surface area (TPSA) is 115 Å². The van der Waals surface area contributed by atoms with Gasteiger partial charge in [-0.05, 0) is 75.4 Å². The summed E-state index contributed by atoms with van der Waals surface area (Å²) < 4.78 is 35.1. The lowest BCUT2D eigenvalue weighted by Gasteiger charge is -2.44. The Bertz CT molecular complexity index is 1560. The molecule has 3 aliphatic heterocycles. The maximum atomic E-state index is 15.1. The van der Waals surface area contributed by atoms with Crippen LogP contribution >= 0.6 is 0 Å². The average Bonchev–Trinajstić information content (AvgIpc) is 3.41. The molecule has 1 aromatic carbocycles. The highest BCUT2D eigenvalue weighted by Gasteiger charge is 2.49. The van der Waals surface area contributed by atoms with E-state index in [-0.39, 0.29) is 56.3 Å². The quantitative estimate of drug-likeness (QED) is 0.497. The molecule has 1 spiro atoms. The number of nitriles is 1. The number of anilines is 2. The van der Waals surface area contributed by atoms with E-state index in [1.165, 1.54) is 11.0 Å². The molecule has 3 atom stereocenters. The van der Waals surface area contributed by atoms with Crippen molar-refractivity contribution in [1.29, 1.82) is 5.26 Å². The van der Waals surface area contributed by atoms with Crippen LogP contribution in [0, 0.1) is 24.1 Å². The van der Waals surface area contributed by atoms with Gasteiger partial charge in [-0.2, -0.15) is 15.2 Å². The number of likely N-dealkylation sites (tertiary alicyclic amines) is 1. The van der Waals surface area contributed by atoms with E-state index in [0.29, 0.717) is 54.2 Å². The summed E-state index contributed by atoms with van der Waals surface area (Å²) in [7, 11) is 2.06. The third-order valence-electron chi connectivity index (χ3n) is 9.65. The van der Waals surface area contributed by atoms with Crippen LogP contribution < -0.4 is 15.0 Å². The van der Waals surface area contributed by atoms with Crippen LogP contribution in [0.3, 0.4) is 0 Å². The summed E-state index contributed by atoms with van der Waals surface area (Å²) in [6, 6.07) is 5.30. The van der Waals surface area contributed by atoms with Gasteiger partial charge in [-0.3, -0.25) is 9.59 Å². The Balaban J connectivity index is 1.39. The van der Waals surface area contributed by atoms with Crippen molar-refractivity contribution in [2.75, 3.05) is 50.1 Å². The van der Waals surface area contributed by atoms with Gasteiger partial charge in [0.2, 0.25) is 5.91 Å². The number of rotatable bonds is 6. The number of benzene rings is 1. The van der Waals surface area contributed by atoms with Gasteiger partial charge in [0, 0.05) is 32.1 Å². The van der Waals surface area contributed by atoms with Gasteiger partial charge in [0.15, 0.2) is 11.6 Å². The number of amides is 2. The molecular weight excluding hydrogens is 568 g/mol. The van der Waals surface area contributed by atoms with E-state index in [1.807, 2.05) is 17.9 Å². The molecule has 2 fully saturated rings. The zero-order chi connectivity index (χ0) is 31.2. The molecule has 1 aliphatic carbocycles. The summed E-state index contributed by atoms with van der Waals surface area (Å²) in [5.41, 5.74) is 2.07. The van der Waals surface area contributed by atoms with Crippen molar-refractivity contribution in [3.8, 4) is 12.1 Å². The molecule has 1 N–H and O–H groups in total. The number of likely N-dealkylation sites (N-methyl/N-ethyl adjacent to an activating group) is 1. The summed E-state index contributed by atoms with van der Waals surface area (Å²) in [6.45, 7) is 6.97. The van der Waals surface area contributed by atoms with E-state index in [1.54, 1.807) is 0 Å². The van der Waals surface area contributed by atoms with Crippen molar-refractivity contribution in [2.24, 2.45) is 0 Å². The number of aromatic nitrogens is 2. The molecule has 4 aliphatic rings. The lowest BCUT2D eigenvalue weighted by Crippen LogP contribution is -2.56. The van der Waals surface area contributed by atoms with Gasteiger partial charge in [-0.1, -0.05) is 12.6 Å². The molecule has 12 heteroatoms. The minimum atomic E-state index is -1.08. The predicted octanol–water partition coefficient (Wildman–Crippen LogP) is 3.58. The number of halogens is 2. The second-order valence-electron chi connectivity index (χ2n) is 12.4. The van der Waals surface area contributed by atoms with E-state index in [4.69, 9.17) is 14.7 Å². The van der Waals surface area contributed by atoms with E-state index >= 15 is 4.39 Å². The van der Waals surface area contributed by atoms with Crippen molar-refractivity contribution in [1.82, 2.24) is 19.8 Å². The molecule has 6 rings (SSSR count). The van der Waals surface area contributed by atoms with Gasteiger partial charge < -0.3 is 24.8 Å². The Morgan fingerprint density at radius 2 is 2.07 bits per heavy atom. The molecule has 0 radical (unpaired) electrons. The fourth-order valence-corrected chi connectivity index (χ4v) is 7.31. The molecule has 1 unspecified atom stereocenters. The van der Waals surface area contributed by atoms with Gasteiger partial charge >= 0.3 is 6.01 Å². The van der Waals surface area contributed by atoms with Gasteiger partial charge in [-0.25, -0.2) is 8.78 Å². The van der Waals surface area contributed by atoms with Crippen LogP contribution in [0.25, 0.3) is 0 Å². The summed E-state index contributed by atoms with van der Waals surface area (Å²) >= 11 is 0. The molecule has 4 heterocycles. The molecule has 1 aromatic heterocycles. The molecule has 0 bridgehead atoms. The zero-order valence-electron chi connectivity index (χ0n) is 25.2. The second kappa shape index (κ2) is 11.8. The Morgan fingerprint density at radius 3 is 2.80 bits per heavy atom. The average molecular weight is 606 g/mol. The van der Waals surface area contributed by atoms with Gasteiger partial charge in [-0.15, -0.1) is 0 Å². The smallest absolute Gasteiger partial charge is 0.318 e. The maximum absolute atomic E-state index is 15.1. The molecule has 10 nitrogen and oxygen atoms in total. The van der Waals surface area contributed by atoms with Crippen LogP contribution in [0.1, 0.15) is 54.5 Å². The lowest BCUT2D eigenvalue weighted by molar-refractivity contribution is -0.131. The summed E-state index contributed by atoms with van der Waals surface area (Å²) in [6.07, 6.45) is 4.10. The Kier molecular flexibility index (Phi) is 8.01. The molecule has 2 aromatic rings. The molecule has 2 amide bonds. The number of nitrogens with one attached hydrogen (secondary N) is 1. The molecular formula is C32H37F2N7O3. The van der Waals surface area contributed by atoms with E-state index < -0.39 is 23.2 Å². The first-order chi connectivity index (χ1) is 21.1. The third-order valence-corrected chi connectivity index (χ3v) is 9.65. The lowest BCUT2D eigenvalue weighted by atomic mass is 9.65. The highest BCUT2D eigenvalue weighted by atomic mass is 19.1. The van der Waals surface area contributed by atoms with Gasteiger partial charge in [0.1, 0.15) is 18.1 Å². The number of carbonyl (C=O) groups is 2. The number of aryl methyl sites for hydroxylation is 1. The fraction of sp³-hybridized carbons (Fsp3) is 0.531. The van der Waals surface area contributed by atoms with E-state index in [2.05, 4.69) is 29.9 Å². The monoisotopic (exact) mass is 605 g/mol. The summed E-state index contributed by atoms with van der Waals surface area (Å²) in [5.74, 6) is -2.03. The number of piperazine rings is 1. The Hall–Kier alpha value is -4.11. The van der Waals surface area contributed by atoms with Crippen molar-refractivity contribution < 1.29 is 23.1 Å². The standard InChI is InChI=1S/C32H37F2N7O3/c1-19-14-24-23(25(34)15-19)7-4-9-32(24)16-26-27(37-30(32)43)28(38-31(36-26)44-18-22-6-5-11-39(22)3)40-12-13-41(29(42)20(2)33)21(17-40)8-10-35/h14-15,21-22H,2,4-9,11-13,16-18H2,1,3H3,(H,37,43)/t21-,22-,32?/m0/s1. The van der Waals surface area contributed by atoms with Crippen LogP contribution in [-0.4, -0.2) is 83.5 Å². The van der Waals surface area contributed by atoms with Crippen LogP contribution in [0.15, 0.2) is 24.5 Å². The van der Waals surface area contributed by atoms with Crippen molar-refractivity contribution >= 4 is 23.3 Å². The Morgan fingerprint density at radius 1 is 1.25 bits per heavy atom. The zero-order valence-corrected chi connectivity index (χ0v) is 25.2. The van der Waals surface area contributed by atoms with E-state index in [0.717, 1.165) is 24.9 Å². The normalized spacial score (nSPS) is 24.8. The highest BCUT2D eigenvalue weighted by Crippen LogP contribution is 2.47. The molecule has 44 heavy (non-hydrogen) atoms. The van der Waals surface area contributed by atoms with Crippen LogP contribution in [-0.2, 0) is 27.8 Å². The molecule has 0 saturated carbocycles. The SMILES string of the molecule is C=C(F)C(=O)N1CCN(c2nc(OC[C@@H]3CCCN3C)nc3c2NC(=O)C2(CCCc4c(F)cc(C)cc42)C3)C[C@@H]1CC#N. The predicted molar refractivity (Wildman–Crippen MR) is 159 cm³/mol. The number of hydrogen-bond acceptors (Lipinski definition) is 8. The Labute approximate surface area is 255 Å². The largest absolute Gasteiger partial charge is 0.462 e. The minimum absolute atomic E-state index is 0.0165. The minimum Gasteiger partial charge on any atom is -0.462 e. The summed E-state index contributed by atoms with van der Waals surface area (Å²) in [4.78, 5) is 41.6. The third kappa shape index (κ3) is 5.27. The van der Waals surface area contributed by atoms with Crippen LogP contribution in [0.4, 0.5) is 20.3 Å². The number of hydrogen-bond donors (Lipinski definition) is 1.